The molecule has 98 valence electrons. The van der Waals surface area contributed by atoms with Crippen molar-refractivity contribution in [1.29, 1.82) is 0 Å². The molecular weight excluding hydrogens is 283 g/mol. The average Bonchev–Trinajstić information content (AvgIpc) is 2.34. The predicted octanol–water partition coefficient (Wildman–Crippen LogP) is 4.60. The van der Waals surface area contributed by atoms with Crippen molar-refractivity contribution >= 4 is 40.3 Å². The minimum atomic E-state index is -0.313. The molecule has 0 atom stereocenters. The molecule has 0 aliphatic heterocycles. The Bertz CT molecular complexity index is 616. The summed E-state index contributed by atoms with van der Waals surface area (Å²) in [4.78, 5) is 0. The van der Waals surface area contributed by atoms with Gasteiger partial charge in [0.1, 0.15) is 5.82 Å². The molecule has 0 spiro atoms. The second-order valence-corrected chi connectivity index (χ2v) is 4.89. The first-order chi connectivity index (χ1) is 9.04. The predicted molar refractivity (Wildman–Crippen MR) is 82.4 cm³/mol. The molecule has 0 unspecified atom stereocenters. The van der Waals surface area contributed by atoms with E-state index < -0.39 is 0 Å². The molecule has 0 bridgehead atoms. The van der Waals surface area contributed by atoms with E-state index in [4.69, 9.17) is 23.8 Å². The van der Waals surface area contributed by atoms with Crippen molar-refractivity contribution in [3.05, 3.63) is 58.9 Å². The fraction of sp³-hybridized carbons (Fsp3) is 0.0714. The van der Waals surface area contributed by atoms with Crippen LogP contribution in [0.5, 0.6) is 0 Å². The number of aryl methyl sites for hydroxylation is 1. The quantitative estimate of drug-likeness (QED) is 0.792. The summed E-state index contributed by atoms with van der Waals surface area (Å²) in [6.45, 7) is 1.95. The molecule has 0 saturated heterocycles. The molecule has 2 nitrogen and oxygen atoms in total. The molecule has 2 aromatic rings. The molecule has 0 radical (unpaired) electrons. The Morgan fingerprint density at radius 2 is 1.95 bits per heavy atom. The van der Waals surface area contributed by atoms with Crippen molar-refractivity contribution in [2.24, 2.45) is 0 Å². The van der Waals surface area contributed by atoms with Crippen LogP contribution in [0.25, 0.3) is 0 Å². The van der Waals surface area contributed by atoms with E-state index in [9.17, 15) is 4.39 Å². The Morgan fingerprint density at radius 3 is 2.68 bits per heavy atom. The molecule has 0 saturated carbocycles. The largest absolute Gasteiger partial charge is 0.332 e. The lowest BCUT2D eigenvalue weighted by molar-refractivity contribution is 0.628. The van der Waals surface area contributed by atoms with Crippen LogP contribution in [0, 0.1) is 12.7 Å². The Labute approximate surface area is 121 Å². The number of rotatable bonds is 2. The van der Waals surface area contributed by atoms with Crippen LogP contribution in [0.2, 0.25) is 5.02 Å². The van der Waals surface area contributed by atoms with E-state index in [1.54, 1.807) is 18.2 Å². The van der Waals surface area contributed by atoms with Gasteiger partial charge in [0.25, 0.3) is 0 Å². The smallest absolute Gasteiger partial charge is 0.175 e. The van der Waals surface area contributed by atoms with E-state index >= 15 is 0 Å². The first-order valence-electron chi connectivity index (χ1n) is 5.64. The molecule has 5 heteroatoms. The van der Waals surface area contributed by atoms with Gasteiger partial charge in [0, 0.05) is 16.4 Å². The minimum absolute atomic E-state index is 0.313. The summed E-state index contributed by atoms with van der Waals surface area (Å²) < 4.78 is 13.0. The summed E-state index contributed by atoms with van der Waals surface area (Å²) in [5, 5.41) is 6.96. The lowest BCUT2D eigenvalue weighted by Crippen LogP contribution is -2.19. The maximum atomic E-state index is 13.0. The van der Waals surface area contributed by atoms with Crippen LogP contribution >= 0.6 is 23.8 Å². The van der Waals surface area contributed by atoms with Gasteiger partial charge in [-0.1, -0.05) is 23.7 Å². The number of benzene rings is 2. The van der Waals surface area contributed by atoms with Crippen LogP contribution in [0.1, 0.15) is 5.56 Å². The zero-order valence-electron chi connectivity index (χ0n) is 10.2. The van der Waals surface area contributed by atoms with E-state index in [0.29, 0.717) is 15.8 Å². The zero-order valence-corrected chi connectivity index (χ0v) is 11.8. The van der Waals surface area contributed by atoms with Crippen molar-refractivity contribution in [3.8, 4) is 0 Å². The summed E-state index contributed by atoms with van der Waals surface area (Å²) in [5.41, 5.74) is 2.44. The Kier molecular flexibility index (Phi) is 4.35. The Balaban J connectivity index is 2.07. The molecule has 2 aromatic carbocycles. The Morgan fingerprint density at radius 1 is 1.16 bits per heavy atom. The van der Waals surface area contributed by atoms with Gasteiger partial charge >= 0.3 is 0 Å². The summed E-state index contributed by atoms with van der Waals surface area (Å²) in [5.74, 6) is -0.313. The van der Waals surface area contributed by atoms with E-state index in [1.807, 2.05) is 19.1 Å². The number of nitrogens with one attached hydrogen (secondary N) is 2. The number of hydrogen-bond acceptors (Lipinski definition) is 1. The molecule has 0 heterocycles. The monoisotopic (exact) mass is 294 g/mol. The molecule has 0 aliphatic rings. The van der Waals surface area contributed by atoms with Gasteiger partial charge in [-0.2, -0.15) is 0 Å². The maximum Gasteiger partial charge on any atom is 0.175 e. The molecular formula is C14H12ClFN2S. The topological polar surface area (TPSA) is 24.1 Å². The van der Waals surface area contributed by atoms with Crippen LogP contribution in [-0.4, -0.2) is 5.11 Å². The molecule has 19 heavy (non-hydrogen) atoms. The van der Waals surface area contributed by atoms with Gasteiger partial charge in [-0.15, -0.1) is 0 Å². The average molecular weight is 295 g/mol. The van der Waals surface area contributed by atoms with E-state index in [2.05, 4.69) is 10.6 Å². The second kappa shape index (κ2) is 5.99. The highest BCUT2D eigenvalue weighted by molar-refractivity contribution is 7.80. The second-order valence-electron chi connectivity index (χ2n) is 4.05. The molecule has 0 amide bonds. The van der Waals surface area contributed by atoms with Crippen molar-refractivity contribution in [2.45, 2.75) is 6.92 Å². The van der Waals surface area contributed by atoms with Crippen LogP contribution in [-0.2, 0) is 0 Å². The lowest BCUT2D eigenvalue weighted by Gasteiger charge is -2.12. The van der Waals surface area contributed by atoms with Crippen LogP contribution in [0.15, 0.2) is 42.5 Å². The Hall–Kier alpha value is -1.65. The standard InChI is InChI=1S/C14H12ClFN2S/c1-9-5-6-10(15)7-13(9)18-14(19)17-12-4-2-3-11(16)8-12/h2-8H,1H3,(H2,17,18,19). The van der Waals surface area contributed by atoms with E-state index in [-0.39, 0.29) is 5.82 Å². The first-order valence-corrected chi connectivity index (χ1v) is 6.43. The van der Waals surface area contributed by atoms with Gasteiger partial charge in [0.05, 0.1) is 0 Å². The van der Waals surface area contributed by atoms with Crippen LogP contribution in [0.4, 0.5) is 15.8 Å². The van der Waals surface area contributed by atoms with Gasteiger partial charge < -0.3 is 10.6 Å². The third kappa shape index (κ3) is 3.91. The van der Waals surface area contributed by atoms with Crippen molar-refractivity contribution < 1.29 is 4.39 Å². The highest BCUT2D eigenvalue weighted by Crippen LogP contribution is 2.20. The highest BCUT2D eigenvalue weighted by Gasteiger charge is 2.03. The fourth-order valence-electron chi connectivity index (χ4n) is 1.58. The molecule has 0 fully saturated rings. The van der Waals surface area contributed by atoms with Gasteiger partial charge in [-0.3, -0.25) is 0 Å². The summed E-state index contributed by atoms with van der Waals surface area (Å²) in [6, 6.07) is 11.6. The van der Waals surface area contributed by atoms with Crippen molar-refractivity contribution in [1.82, 2.24) is 0 Å². The number of anilines is 2. The number of hydrogen-bond donors (Lipinski definition) is 2. The third-order valence-electron chi connectivity index (χ3n) is 2.53. The van der Waals surface area contributed by atoms with Crippen molar-refractivity contribution in [3.63, 3.8) is 0 Å². The molecule has 2 N–H and O–H groups in total. The lowest BCUT2D eigenvalue weighted by atomic mass is 10.2. The summed E-state index contributed by atoms with van der Waals surface area (Å²) in [6.07, 6.45) is 0. The maximum absolute atomic E-state index is 13.0. The molecule has 0 aromatic heterocycles. The normalized spacial score (nSPS) is 10.1. The van der Waals surface area contributed by atoms with Crippen LogP contribution in [0.3, 0.4) is 0 Å². The SMILES string of the molecule is Cc1ccc(Cl)cc1NC(=S)Nc1cccc(F)c1. The fourth-order valence-corrected chi connectivity index (χ4v) is 1.98. The highest BCUT2D eigenvalue weighted by atomic mass is 35.5. The van der Waals surface area contributed by atoms with Gasteiger partial charge in [0.15, 0.2) is 5.11 Å². The third-order valence-corrected chi connectivity index (χ3v) is 2.97. The summed E-state index contributed by atoms with van der Waals surface area (Å²) >= 11 is 11.1. The minimum Gasteiger partial charge on any atom is -0.332 e. The molecule has 2 rings (SSSR count). The number of thiocarbonyl (C=S) groups is 1. The summed E-state index contributed by atoms with van der Waals surface area (Å²) in [7, 11) is 0. The zero-order chi connectivity index (χ0) is 13.8. The number of halogens is 2. The van der Waals surface area contributed by atoms with Crippen LogP contribution < -0.4 is 10.6 Å². The van der Waals surface area contributed by atoms with Gasteiger partial charge in [-0.25, -0.2) is 4.39 Å². The van der Waals surface area contributed by atoms with Gasteiger partial charge in [0.2, 0.25) is 0 Å². The van der Waals surface area contributed by atoms with Crippen molar-refractivity contribution in [2.75, 3.05) is 10.6 Å². The molecule has 0 aliphatic carbocycles. The first kappa shape index (κ1) is 13.8. The van der Waals surface area contributed by atoms with Gasteiger partial charge in [-0.05, 0) is 55.0 Å². The van der Waals surface area contributed by atoms with E-state index in [0.717, 1.165) is 11.3 Å². The van der Waals surface area contributed by atoms with E-state index in [1.165, 1.54) is 12.1 Å².